The minimum Gasteiger partial charge on any atom is -0.309 e. The number of hydrogen-bond acceptors (Lipinski definition) is 2. The monoisotopic (exact) mass is 747 g/mol. The van der Waals surface area contributed by atoms with Crippen molar-refractivity contribution in [3.05, 3.63) is 176 Å². The van der Waals surface area contributed by atoms with E-state index in [2.05, 4.69) is 189 Å². The molecule has 0 unspecified atom stereocenters. The maximum Gasteiger partial charge on any atom is 0.165 e. The lowest BCUT2D eigenvalue weighted by atomic mass is 9.99. The zero-order chi connectivity index (χ0) is 38.1. The quantitative estimate of drug-likeness (QED) is 0.177. The first kappa shape index (κ1) is 30.2. The molecule has 0 fully saturated rings. The van der Waals surface area contributed by atoms with Gasteiger partial charge in [-0.2, -0.15) is 0 Å². The van der Waals surface area contributed by atoms with E-state index in [0.29, 0.717) is 0 Å². The summed E-state index contributed by atoms with van der Waals surface area (Å²) in [5, 5.41) is 14.6. The van der Waals surface area contributed by atoms with Gasteiger partial charge in [0.2, 0.25) is 0 Å². The summed E-state index contributed by atoms with van der Waals surface area (Å²) in [5.74, 6) is 0. The Morgan fingerprint density at radius 1 is 0.339 bits per heavy atom. The Hall–Kier alpha value is -8.02. The highest BCUT2D eigenvalue weighted by molar-refractivity contribution is 6.34. The Bertz CT molecular complexity index is 4300. The summed E-state index contributed by atoms with van der Waals surface area (Å²) >= 11 is 0. The average Bonchev–Trinajstić information content (AvgIpc) is 4.08. The Labute approximate surface area is 334 Å². The molecule has 15 rings (SSSR count). The standard InChI is InChI=1S/C54H29N5/c1-2-14-33(15-3-1)57-44-23-9-8-18-37(44)42-28-32(25-27-45(42)57)36-19-10-20-38-39-21-11-22-41-47-53(58(49(36)38)51(39)41)56-48-43-29-31-13-5-6-16-34(31)46-40-26-24-30-12-4-7-17-35(30)50(40)59(52(43)46)54(48)55-47/h1-29H. The molecule has 0 radical (unpaired) electrons. The van der Waals surface area contributed by atoms with Crippen LogP contribution < -0.4 is 0 Å². The molecule has 0 saturated carbocycles. The van der Waals surface area contributed by atoms with Gasteiger partial charge in [0.25, 0.3) is 0 Å². The molecule has 0 spiro atoms. The molecular weight excluding hydrogens is 719 g/mol. The largest absolute Gasteiger partial charge is 0.309 e. The van der Waals surface area contributed by atoms with E-state index in [9.17, 15) is 0 Å². The van der Waals surface area contributed by atoms with Crippen LogP contribution >= 0.6 is 0 Å². The molecule has 0 amide bonds. The lowest BCUT2D eigenvalue weighted by Gasteiger charge is -2.09. The van der Waals surface area contributed by atoms with Crippen LogP contribution in [0.25, 0.3) is 137 Å². The van der Waals surface area contributed by atoms with Crippen LogP contribution in [0.15, 0.2) is 176 Å². The van der Waals surface area contributed by atoms with Crippen molar-refractivity contribution in [2.45, 2.75) is 0 Å². The van der Waals surface area contributed by atoms with Gasteiger partial charge >= 0.3 is 0 Å². The molecule has 6 aromatic heterocycles. The van der Waals surface area contributed by atoms with Crippen LogP contribution in [0.4, 0.5) is 0 Å². The predicted molar refractivity (Wildman–Crippen MR) is 246 cm³/mol. The maximum absolute atomic E-state index is 5.74. The van der Waals surface area contributed by atoms with Gasteiger partial charge in [-0.05, 0) is 58.1 Å². The van der Waals surface area contributed by atoms with E-state index >= 15 is 0 Å². The first-order valence-corrected chi connectivity index (χ1v) is 20.3. The Morgan fingerprint density at radius 2 is 0.966 bits per heavy atom. The minimum absolute atomic E-state index is 0.889. The number of nitrogens with zero attached hydrogens (tertiary/aromatic N) is 5. The number of fused-ring (bicyclic) bond motifs is 19. The smallest absolute Gasteiger partial charge is 0.165 e. The lowest BCUT2D eigenvalue weighted by Crippen LogP contribution is -1.93. The predicted octanol–water partition coefficient (Wildman–Crippen LogP) is 13.8. The third-order valence-electron chi connectivity index (χ3n) is 13.2. The number of para-hydroxylation sites is 4. The highest BCUT2D eigenvalue weighted by Gasteiger charge is 2.27. The number of benzene rings is 9. The van der Waals surface area contributed by atoms with E-state index < -0.39 is 0 Å². The van der Waals surface area contributed by atoms with Crippen LogP contribution in [0.2, 0.25) is 0 Å². The van der Waals surface area contributed by atoms with E-state index in [1.165, 1.54) is 92.6 Å². The summed E-state index contributed by atoms with van der Waals surface area (Å²) in [6, 6.07) is 64.2. The zero-order valence-corrected chi connectivity index (χ0v) is 31.5. The lowest BCUT2D eigenvalue weighted by molar-refractivity contribution is 1.18. The SMILES string of the molecule is c1ccc(-n2c3ccccc3c3cc(-c4cccc5c6cccc7c8nc9c(nc8n(c45)c67)c4cc5ccccc5c5c6ccc7ccccc7c6n9c45)ccc32)cc1. The molecule has 15 aromatic rings. The van der Waals surface area contributed by atoms with Crippen LogP contribution in [0, 0.1) is 0 Å². The van der Waals surface area contributed by atoms with E-state index in [-0.39, 0.29) is 0 Å². The second-order valence-corrected chi connectivity index (χ2v) is 16.1. The first-order valence-electron chi connectivity index (χ1n) is 20.3. The van der Waals surface area contributed by atoms with Gasteiger partial charge in [-0.15, -0.1) is 0 Å². The van der Waals surface area contributed by atoms with Crippen LogP contribution in [-0.2, 0) is 0 Å². The molecule has 5 heteroatoms. The van der Waals surface area contributed by atoms with Gasteiger partial charge in [0.1, 0.15) is 11.0 Å². The summed E-state index contributed by atoms with van der Waals surface area (Å²) in [7, 11) is 0. The van der Waals surface area contributed by atoms with Crippen molar-refractivity contribution in [3.63, 3.8) is 0 Å². The molecule has 0 atom stereocenters. The number of hydrogen-bond donors (Lipinski definition) is 0. The van der Waals surface area contributed by atoms with E-state index in [0.717, 1.165) is 44.3 Å². The van der Waals surface area contributed by atoms with E-state index in [1.807, 2.05) is 0 Å². The van der Waals surface area contributed by atoms with Crippen LogP contribution in [0.1, 0.15) is 0 Å². The van der Waals surface area contributed by atoms with Crippen LogP contribution in [-0.4, -0.2) is 23.3 Å². The van der Waals surface area contributed by atoms with Gasteiger partial charge in [0.15, 0.2) is 11.3 Å². The van der Waals surface area contributed by atoms with Crippen molar-refractivity contribution in [2.75, 3.05) is 0 Å². The van der Waals surface area contributed by atoms with Gasteiger partial charge in [0.05, 0.1) is 33.1 Å². The molecular formula is C54H29N5. The summed E-state index contributed by atoms with van der Waals surface area (Å²) in [4.78, 5) is 11.4. The van der Waals surface area contributed by atoms with Crippen molar-refractivity contribution in [1.29, 1.82) is 0 Å². The van der Waals surface area contributed by atoms with Gasteiger partial charge in [0, 0.05) is 59.7 Å². The van der Waals surface area contributed by atoms with Crippen LogP contribution in [0.5, 0.6) is 0 Å². The van der Waals surface area contributed by atoms with E-state index in [1.54, 1.807) is 0 Å². The maximum atomic E-state index is 5.74. The zero-order valence-electron chi connectivity index (χ0n) is 31.5. The molecule has 0 aliphatic heterocycles. The molecule has 0 aliphatic carbocycles. The fourth-order valence-corrected chi connectivity index (χ4v) is 10.9. The summed E-state index contributed by atoms with van der Waals surface area (Å²) in [6.07, 6.45) is 0. The molecule has 5 nitrogen and oxygen atoms in total. The Balaban J connectivity index is 1.09. The first-order chi connectivity index (χ1) is 29.3. The highest BCUT2D eigenvalue weighted by Crippen LogP contribution is 2.47. The minimum atomic E-state index is 0.889. The summed E-state index contributed by atoms with van der Waals surface area (Å²) in [6.45, 7) is 0. The average molecular weight is 748 g/mol. The molecule has 9 aromatic carbocycles. The van der Waals surface area contributed by atoms with Gasteiger partial charge in [-0.3, -0.25) is 8.80 Å². The Kier molecular flexibility index (Phi) is 5.36. The number of aromatic nitrogens is 5. The molecule has 270 valence electrons. The molecule has 6 heterocycles. The normalized spacial score (nSPS) is 12.7. The fraction of sp³-hybridized carbons (Fsp3) is 0. The fourth-order valence-electron chi connectivity index (χ4n) is 10.9. The molecule has 0 aliphatic rings. The van der Waals surface area contributed by atoms with Crippen molar-refractivity contribution in [3.8, 4) is 16.8 Å². The van der Waals surface area contributed by atoms with Gasteiger partial charge in [-0.25, -0.2) is 9.97 Å². The Morgan fingerprint density at radius 3 is 1.83 bits per heavy atom. The van der Waals surface area contributed by atoms with Crippen molar-refractivity contribution in [2.24, 2.45) is 0 Å². The third-order valence-corrected chi connectivity index (χ3v) is 13.2. The second kappa shape index (κ2) is 10.5. The number of rotatable bonds is 2. The summed E-state index contributed by atoms with van der Waals surface area (Å²) in [5.41, 5.74) is 14.3. The molecule has 59 heavy (non-hydrogen) atoms. The second-order valence-electron chi connectivity index (χ2n) is 16.1. The highest BCUT2D eigenvalue weighted by atomic mass is 15.1. The van der Waals surface area contributed by atoms with Gasteiger partial charge < -0.3 is 4.57 Å². The molecule has 0 N–H and O–H groups in total. The van der Waals surface area contributed by atoms with Crippen molar-refractivity contribution >= 4 is 120 Å². The van der Waals surface area contributed by atoms with Gasteiger partial charge in [-0.1, -0.05) is 140 Å². The third kappa shape index (κ3) is 3.59. The van der Waals surface area contributed by atoms with E-state index in [4.69, 9.17) is 9.97 Å². The topological polar surface area (TPSA) is 39.5 Å². The summed E-state index contributed by atoms with van der Waals surface area (Å²) < 4.78 is 7.20. The van der Waals surface area contributed by atoms with Crippen molar-refractivity contribution < 1.29 is 0 Å². The van der Waals surface area contributed by atoms with Crippen LogP contribution in [0.3, 0.4) is 0 Å². The van der Waals surface area contributed by atoms with Crippen molar-refractivity contribution in [1.82, 2.24) is 23.3 Å². The molecule has 0 bridgehead atoms. The molecule has 0 saturated heterocycles.